The van der Waals surface area contributed by atoms with Crippen LogP contribution >= 0.6 is 0 Å². The lowest BCUT2D eigenvalue weighted by atomic mass is 9.83. The van der Waals surface area contributed by atoms with Gasteiger partial charge in [-0.3, -0.25) is 5.10 Å². The van der Waals surface area contributed by atoms with Crippen molar-refractivity contribution in [1.29, 1.82) is 0 Å². The highest BCUT2D eigenvalue weighted by Crippen LogP contribution is 2.37. The fourth-order valence-electron chi connectivity index (χ4n) is 4.69. The number of rotatable bonds is 6. The molecule has 2 fully saturated rings. The number of hydrogen-bond acceptors (Lipinski definition) is 7. The third-order valence-corrected chi connectivity index (χ3v) is 7.01. The molecule has 3 N–H and O–H groups in total. The molecule has 1 aliphatic carbocycles. The number of aromatic nitrogens is 5. The van der Waals surface area contributed by atoms with Crippen LogP contribution in [0.4, 0.5) is 26.4 Å². The zero-order valence-corrected chi connectivity index (χ0v) is 20.2. The van der Waals surface area contributed by atoms with Crippen molar-refractivity contribution in [1.82, 2.24) is 30.0 Å². The monoisotopic (exact) mass is 494 g/mol. The molecule has 0 bridgehead atoms. The third kappa shape index (κ3) is 4.34. The molecule has 4 aromatic rings. The molecule has 1 aliphatic heterocycles. The smallest absolute Gasteiger partial charge is 0.233 e. The van der Waals surface area contributed by atoms with Gasteiger partial charge in [0, 0.05) is 67.1 Å². The maximum atomic E-state index is 15.2. The molecule has 36 heavy (non-hydrogen) atoms. The number of benzene rings is 1. The first-order valence-electron chi connectivity index (χ1n) is 12.2. The molecule has 4 heterocycles. The summed E-state index contributed by atoms with van der Waals surface area (Å²) >= 11 is 0. The van der Waals surface area contributed by atoms with Gasteiger partial charge in [-0.15, -0.1) is 0 Å². The van der Waals surface area contributed by atoms with E-state index in [-0.39, 0.29) is 17.2 Å². The lowest BCUT2D eigenvalue weighted by Crippen LogP contribution is -2.44. The molecule has 0 unspecified atom stereocenters. The first-order chi connectivity index (χ1) is 17.4. The van der Waals surface area contributed by atoms with Crippen LogP contribution in [0.3, 0.4) is 0 Å². The summed E-state index contributed by atoms with van der Waals surface area (Å²) in [6.45, 7) is 5.06. The van der Waals surface area contributed by atoms with Crippen molar-refractivity contribution in [3.05, 3.63) is 47.3 Å². The van der Waals surface area contributed by atoms with E-state index in [2.05, 4.69) is 47.3 Å². The Bertz CT molecular complexity index is 1400. The molecule has 1 saturated heterocycles. The van der Waals surface area contributed by atoms with Gasteiger partial charge in [-0.25, -0.2) is 8.78 Å². The fraction of sp³-hybridized carbons (Fsp3) is 0.400. The number of H-pyrrole nitrogens is 2. The number of halogens is 2. The van der Waals surface area contributed by atoms with Crippen LogP contribution in [0, 0.1) is 18.6 Å². The van der Waals surface area contributed by atoms with Gasteiger partial charge in [-0.05, 0) is 32.9 Å². The van der Waals surface area contributed by atoms with E-state index in [9.17, 15) is 4.39 Å². The van der Waals surface area contributed by atoms with E-state index >= 15 is 4.39 Å². The Kier molecular flexibility index (Phi) is 5.71. The van der Waals surface area contributed by atoms with E-state index < -0.39 is 17.4 Å². The first kappa shape index (κ1) is 22.7. The molecule has 3 aromatic heterocycles. The van der Waals surface area contributed by atoms with E-state index in [1.54, 1.807) is 19.1 Å². The van der Waals surface area contributed by atoms with Gasteiger partial charge >= 0.3 is 0 Å². The average Bonchev–Trinajstić information content (AvgIpc) is 3.41. The molecule has 188 valence electrons. The zero-order valence-electron chi connectivity index (χ0n) is 20.2. The Morgan fingerprint density at radius 1 is 1.06 bits per heavy atom. The van der Waals surface area contributed by atoms with Crippen molar-refractivity contribution < 1.29 is 13.5 Å². The minimum Gasteiger partial charge on any atom is -0.433 e. The van der Waals surface area contributed by atoms with E-state index in [1.165, 1.54) is 12.5 Å². The topological polar surface area (TPSA) is 98.0 Å². The highest BCUT2D eigenvalue weighted by molar-refractivity contribution is 5.83. The van der Waals surface area contributed by atoms with Gasteiger partial charge in [0.2, 0.25) is 17.6 Å². The summed E-state index contributed by atoms with van der Waals surface area (Å²) in [5.41, 5.74) is 2.18. The molecule has 2 aliphatic rings. The average molecular weight is 495 g/mol. The number of likely N-dealkylation sites (N-methyl/N-ethyl adjacent to an activating group) is 1. The van der Waals surface area contributed by atoms with Gasteiger partial charge in [-0.1, -0.05) is 6.42 Å². The Morgan fingerprint density at radius 3 is 2.61 bits per heavy atom. The SMILES string of the molecule is Cc1cc2c(F)c(Oc3cc(N4CCN(C)CC4)nc(Nc4cc(C5CCC5)[nH]n4)n3)c(F)cc2[nH]1. The predicted octanol–water partition coefficient (Wildman–Crippen LogP) is 4.82. The number of piperazine rings is 1. The van der Waals surface area contributed by atoms with Crippen LogP contribution < -0.4 is 15.0 Å². The third-order valence-electron chi connectivity index (χ3n) is 7.01. The number of anilines is 3. The molecular weight excluding hydrogens is 466 g/mol. The second kappa shape index (κ2) is 9.05. The van der Waals surface area contributed by atoms with E-state index in [1.807, 2.05) is 6.07 Å². The summed E-state index contributed by atoms with van der Waals surface area (Å²) in [6, 6.07) is 6.43. The number of aryl methyl sites for hydroxylation is 1. The van der Waals surface area contributed by atoms with Gasteiger partial charge < -0.3 is 24.8 Å². The van der Waals surface area contributed by atoms with E-state index in [4.69, 9.17) is 4.74 Å². The van der Waals surface area contributed by atoms with Crippen LogP contribution in [0.1, 0.15) is 36.6 Å². The molecule has 6 rings (SSSR count). The summed E-state index contributed by atoms with van der Waals surface area (Å²) in [4.78, 5) is 16.4. The highest BCUT2D eigenvalue weighted by atomic mass is 19.1. The Labute approximate surface area is 206 Å². The second-order valence-corrected chi connectivity index (χ2v) is 9.66. The van der Waals surface area contributed by atoms with Gasteiger partial charge in [0.15, 0.2) is 17.5 Å². The van der Waals surface area contributed by atoms with Gasteiger partial charge in [0.05, 0.1) is 5.52 Å². The molecule has 0 radical (unpaired) electrons. The van der Waals surface area contributed by atoms with Crippen molar-refractivity contribution in [3.63, 3.8) is 0 Å². The van der Waals surface area contributed by atoms with Crippen molar-refractivity contribution >= 4 is 28.5 Å². The molecule has 9 nitrogen and oxygen atoms in total. The predicted molar refractivity (Wildman–Crippen MR) is 133 cm³/mol. The van der Waals surface area contributed by atoms with E-state index in [0.29, 0.717) is 23.1 Å². The zero-order chi connectivity index (χ0) is 24.8. The lowest BCUT2D eigenvalue weighted by molar-refractivity contribution is 0.312. The van der Waals surface area contributed by atoms with Gasteiger partial charge in [-0.2, -0.15) is 15.1 Å². The molecule has 0 atom stereocenters. The number of aromatic amines is 2. The van der Waals surface area contributed by atoms with Crippen LogP contribution in [0.5, 0.6) is 11.6 Å². The summed E-state index contributed by atoms with van der Waals surface area (Å²) in [5, 5.41) is 10.8. The van der Waals surface area contributed by atoms with Crippen LogP contribution in [-0.4, -0.2) is 63.3 Å². The van der Waals surface area contributed by atoms with E-state index in [0.717, 1.165) is 50.4 Å². The summed E-state index contributed by atoms with van der Waals surface area (Å²) in [7, 11) is 2.07. The van der Waals surface area contributed by atoms with Crippen LogP contribution in [0.15, 0.2) is 24.3 Å². The van der Waals surface area contributed by atoms with Gasteiger partial charge in [0.25, 0.3) is 0 Å². The first-order valence-corrected chi connectivity index (χ1v) is 12.2. The Morgan fingerprint density at radius 2 is 1.86 bits per heavy atom. The molecule has 1 aromatic carbocycles. The molecule has 0 spiro atoms. The Balaban J connectivity index is 1.34. The maximum Gasteiger partial charge on any atom is 0.233 e. The standard InChI is InChI=1S/C25H28F2N8O/c1-14-10-16-19(28-14)11-17(26)24(23(16)27)36-22-13-21(35-8-6-34(2)7-9-35)30-25(31-22)29-20-12-18(32-33-20)15-4-3-5-15/h10-13,15,28H,3-9H2,1-2H3,(H2,29,30,31,32,33). The number of fused-ring (bicyclic) bond motifs is 1. The molecule has 11 heteroatoms. The summed E-state index contributed by atoms with van der Waals surface area (Å²) in [6.07, 6.45) is 3.53. The normalized spacial score (nSPS) is 16.9. The molecule has 0 amide bonds. The number of nitrogens with one attached hydrogen (secondary N) is 3. The summed E-state index contributed by atoms with van der Waals surface area (Å²) < 4.78 is 35.8. The minimum atomic E-state index is -0.812. The number of ether oxygens (including phenoxy) is 1. The highest BCUT2D eigenvalue weighted by Gasteiger charge is 2.23. The summed E-state index contributed by atoms with van der Waals surface area (Å²) in [5.74, 6) is -0.0997. The fourth-order valence-corrected chi connectivity index (χ4v) is 4.69. The van der Waals surface area contributed by atoms with Crippen LogP contribution in [0.25, 0.3) is 10.9 Å². The van der Waals surface area contributed by atoms with Crippen LogP contribution in [0.2, 0.25) is 0 Å². The number of hydrogen-bond donors (Lipinski definition) is 3. The second-order valence-electron chi connectivity index (χ2n) is 9.66. The largest absolute Gasteiger partial charge is 0.433 e. The van der Waals surface area contributed by atoms with Crippen molar-refractivity contribution in [3.8, 4) is 11.6 Å². The Hall–Kier alpha value is -3.73. The lowest BCUT2D eigenvalue weighted by Gasteiger charge is -2.33. The van der Waals surface area contributed by atoms with Crippen molar-refractivity contribution in [2.45, 2.75) is 32.1 Å². The quantitative estimate of drug-likeness (QED) is 0.353. The van der Waals surface area contributed by atoms with Crippen LogP contribution in [-0.2, 0) is 0 Å². The van der Waals surface area contributed by atoms with Gasteiger partial charge in [0.1, 0.15) is 5.82 Å². The number of nitrogens with zero attached hydrogens (tertiary/aromatic N) is 5. The minimum absolute atomic E-state index is 0.0422. The maximum absolute atomic E-state index is 15.2. The van der Waals surface area contributed by atoms with Crippen molar-refractivity contribution in [2.75, 3.05) is 43.4 Å². The molecule has 1 saturated carbocycles. The van der Waals surface area contributed by atoms with Crippen molar-refractivity contribution in [2.24, 2.45) is 0 Å². The molecular formula is C25H28F2N8O.